The number of hydrogen-bond acceptors (Lipinski definition) is 2. The fourth-order valence-electron chi connectivity index (χ4n) is 1.66. The molecule has 0 aromatic heterocycles. The first-order chi connectivity index (χ1) is 5.86. The van der Waals surface area contributed by atoms with Crippen LogP contribution in [0.5, 0.6) is 0 Å². The van der Waals surface area contributed by atoms with Crippen molar-refractivity contribution >= 4 is 12.6 Å². The minimum absolute atomic E-state index is 1.08. The molecule has 0 spiro atoms. The van der Waals surface area contributed by atoms with Gasteiger partial charge in [0.2, 0.25) is 0 Å². The second-order valence-electron chi connectivity index (χ2n) is 3.20. The van der Waals surface area contributed by atoms with Crippen LogP contribution in [0.15, 0.2) is 23.1 Å². The van der Waals surface area contributed by atoms with E-state index in [1.165, 1.54) is 11.1 Å². The molecule has 0 amide bonds. The third-order valence-electron chi connectivity index (χ3n) is 2.33. The molecule has 1 aromatic rings. The summed E-state index contributed by atoms with van der Waals surface area (Å²) in [5.41, 5.74) is 2.95. The monoisotopic (exact) mass is 179 g/mol. The highest BCUT2D eigenvalue weighted by Gasteiger charge is 2.06. The van der Waals surface area contributed by atoms with E-state index in [-0.39, 0.29) is 0 Å². The Bertz CT molecular complexity index is 283. The van der Waals surface area contributed by atoms with Gasteiger partial charge < -0.3 is 5.32 Å². The van der Waals surface area contributed by atoms with Gasteiger partial charge in [0.15, 0.2) is 0 Å². The zero-order chi connectivity index (χ0) is 8.39. The summed E-state index contributed by atoms with van der Waals surface area (Å²) >= 11 is 4.33. The van der Waals surface area contributed by atoms with Gasteiger partial charge >= 0.3 is 0 Å². The van der Waals surface area contributed by atoms with Gasteiger partial charge in [-0.1, -0.05) is 6.07 Å². The lowest BCUT2D eigenvalue weighted by Gasteiger charge is -2.04. The Morgan fingerprint density at radius 1 is 1.08 bits per heavy atom. The largest absolute Gasteiger partial charge is 0.316 e. The smallest absolute Gasteiger partial charge is 0.00429 e. The van der Waals surface area contributed by atoms with Crippen LogP contribution < -0.4 is 5.32 Å². The highest BCUT2D eigenvalue weighted by atomic mass is 32.1. The average molecular weight is 179 g/mol. The normalized spacial score (nSPS) is 16.8. The molecular formula is C10H13NS. The van der Waals surface area contributed by atoms with Crippen molar-refractivity contribution in [3.8, 4) is 0 Å². The van der Waals surface area contributed by atoms with E-state index in [0.29, 0.717) is 0 Å². The van der Waals surface area contributed by atoms with Crippen LogP contribution in [0.4, 0.5) is 0 Å². The minimum atomic E-state index is 1.08. The molecule has 0 bridgehead atoms. The lowest BCUT2D eigenvalue weighted by atomic mass is 10.0. The highest BCUT2D eigenvalue weighted by Crippen LogP contribution is 2.17. The Kier molecular flexibility index (Phi) is 2.38. The second kappa shape index (κ2) is 3.50. The molecule has 0 atom stereocenters. The molecule has 1 aliphatic heterocycles. The fourth-order valence-corrected chi connectivity index (χ4v) is 1.89. The van der Waals surface area contributed by atoms with Crippen LogP contribution in [0, 0.1) is 0 Å². The minimum Gasteiger partial charge on any atom is -0.316 e. The summed E-state index contributed by atoms with van der Waals surface area (Å²) < 4.78 is 0. The average Bonchev–Trinajstić information content (AvgIpc) is 2.28. The van der Waals surface area contributed by atoms with Crippen molar-refractivity contribution in [2.24, 2.45) is 0 Å². The standard InChI is InChI=1S/C10H13NS/c12-10-2-1-8-3-5-11-6-4-9(8)7-10/h1-2,7,11-12H,3-6H2. The molecule has 0 saturated heterocycles. The molecule has 1 heterocycles. The van der Waals surface area contributed by atoms with Crippen LogP contribution in [0.3, 0.4) is 0 Å². The first-order valence-corrected chi connectivity index (χ1v) is 4.82. The molecule has 12 heavy (non-hydrogen) atoms. The fraction of sp³-hybridized carbons (Fsp3) is 0.400. The molecule has 2 rings (SSSR count). The highest BCUT2D eigenvalue weighted by molar-refractivity contribution is 7.80. The van der Waals surface area contributed by atoms with Crippen molar-refractivity contribution in [3.63, 3.8) is 0 Å². The van der Waals surface area contributed by atoms with Crippen LogP contribution in [0.1, 0.15) is 11.1 Å². The molecular weight excluding hydrogens is 166 g/mol. The lowest BCUT2D eigenvalue weighted by molar-refractivity contribution is 0.711. The third kappa shape index (κ3) is 1.65. The maximum atomic E-state index is 4.33. The summed E-state index contributed by atoms with van der Waals surface area (Å²) in [6.45, 7) is 2.21. The van der Waals surface area contributed by atoms with Crippen LogP contribution in [0.2, 0.25) is 0 Å². The first kappa shape index (κ1) is 8.14. The van der Waals surface area contributed by atoms with Crippen molar-refractivity contribution in [1.29, 1.82) is 0 Å². The SMILES string of the molecule is Sc1ccc2c(c1)CCNCC2. The zero-order valence-corrected chi connectivity index (χ0v) is 7.90. The maximum Gasteiger partial charge on any atom is 0.00429 e. The van der Waals surface area contributed by atoms with Crippen LogP contribution in [-0.4, -0.2) is 13.1 Å². The van der Waals surface area contributed by atoms with Gasteiger partial charge in [-0.25, -0.2) is 0 Å². The van der Waals surface area contributed by atoms with Gasteiger partial charge in [-0.15, -0.1) is 12.6 Å². The number of hydrogen-bond donors (Lipinski definition) is 2. The second-order valence-corrected chi connectivity index (χ2v) is 3.72. The summed E-state index contributed by atoms with van der Waals surface area (Å²) in [5.74, 6) is 0. The molecule has 64 valence electrons. The quantitative estimate of drug-likeness (QED) is 0.577. The number of rotatable bonds is 0. The van der Waals surface area contributed by atoms with Gasteiger partial charge in [0.1, 0.15) is 0 Å². The molecule has 1 nitrogen and oxygen atoms in total. The molecule has 0 radical (unpaired) electrons. The van der Waals surface area contributed by atoms with E-state index in [4.69, 9.17) is 0 Å². The van der Waals surface area contributed by atoms with E-state index in [2.05, 4.69) is 36.1 Å². The predicted octanol–water partition coefficient (Wildman–Crippen LogP) is 1.66. The lowest BCUT2D eigenvalue weighted by Crippen LogP contribution is -2.16. The summed E-state index contributed by atoms with van der Waals surface area (Å²) in [5, 5.41) is 3.39. The van der Waals surface area contributed by atoms with Crippen molar-refractivity contribution in [2.75, 3.05) is 13.1 Å². The summed E-state index contributed by atoms with van der Waals surface area (Å²) in [4.78, 5) is 1.08. The van der Waals surface area contributed by atoms with E-state index in [9.17, 15) is 0 Å². The Morgan fingerprint density at radius 3 is 2.67 bits per heavy atom. The molecule has 0 saturated carbocycles. The van der Waals surface area contributed by atoms with E-state index in [1.54, 1.807) is 0 Å². The van der Waals surface area contributed by atoms with Crippen molar-refractivity contribution in [3.05, 3.63) is 29.3 Å². The summed E-state index contributed by atoms with van der Waals surface area (Å²) in [6.07, 6.45) is 2.30. The third-order valence-corrected chi connectivity index (χ3v) is 2.61. The Hall–Kier alpha value is -0.470. The predicted molar refractivity (Wildman–Crippen MR) is 54.0 cm³/mol. The van der Waals surface area contributed by atoms with Gasteiger partial charge in [-0.2, -0.15) is 0 Å². The van der Waals surface area contributed by atoms with E-state index < -0.39 is 0 Å². The Labute approximate surface area is 78.6 Å². The number of nitrogens with one attached hydrogen (secondary N) is 1. The van der Waals surface area contributed by atoms with Gasteiger partial charge in [0.05, 0.1) is 0 Å². The Balaban J connectivity index is 2.36. The molecule has 1 aliphatic rings. The first-order valence-electron chi connectivity index (χ1n) is 4.38. The Morgan fingerprint density at radius 2 is 1.83 bits per heavy atom. The zero-order valence-electron chi connectivity index (χ0n) is 7.01. The van der Waals surface area contributed by atoms with Crippen LogP contribution >= 0.6 is 12.6 Å². The number of benzene rings is 1. The topological polar surface area (TPSA) is 12.0 Å². The summed E-state index contributed by atoms with van der Waals surface area (Å²) in [6, 6.07) is 6.46. The van der Waals surface area contributed by atoms with Crippen LogP contribution in [0.25, 0.3) is 0 Å². The molecule has 0 fully saturated rings. The van der Waals surface area contributed by atoms with Gasteiger partial charge in [0, 0.05) is 4.90 Å². The number of thiol groups is 1. The molecule has 0 aliphatic carbocycles. The van der Waals surface area contributed by atoms with Crippen molar-refractivity contribution in [2.45, 2.75) is 17.7 Å². The molecule has 1 aromatic carbocycles. The summed E-state index contributed by atoms with van der Waals surface area (Å²) in [7, 11) is 0. The van der Waals surface area contributed by atoms with E-state index in [0.717, 1.165) is 30.8 Å². The van der Waals surface area contributed by atoms with Gasteiger partial charge in [0.25, 0.3) is 0 Å². The van der Waals surface area contributed by atoms with Crippen molar-refractivity contribution < 1.29 is 0 Å². The van der Waals surface area contributed by atoms with Gasteiger partial charge in [-0.05, 0) is 49.2 Å². The van der Waals surface area contributed by atoms with Gasteiger partial charge in [-0.3, -0.25) is 0 Å². The van der Waals surface area contributed by atoms with Crippen molar-refractivity contribution in [1.82, 2.24) is 5.32 Å². The van der Waals surface area contributed by atoms with E-state index >= 15 is 0 Å². The number of fused-ring (bicyclic) bond motifs is 1. The van der Waals surface area contributed by atoms with E-state index in [1.807, 2.05) is 0 Å². The maximum absolute atomic E-state index is 4.33. The molecule has 1 N–H and O–H groups in total. The molecule has 2 heteroatoms. The van der Waals surface area contributed by atoms with Crippen LogP contribution in [-0.2, 0) is 12.8 Å². The molecule has 0 unspecified atom stereocenters.